The van der Waals surface area contributed by atoms with Crippen LogP contribution in [0.5, 0.6) is 0 Å². The number of para-hydroxylation sites is 1. The summed E-state index contributed by atoms with van der Waals surface area (Å²) < 4.78 is 0. The highest BCUT2D eigenvalue weighted by molar-refractivity contribution is 7.08. The van der Waals surface area contributed by atoms with Crippen molar-refractivity contribution in [2.45, 2.75) is 0 Å². The maximum atomic E-state index is 8.85. The van der Waals surface area contributed by atoms with Crippen molar-refractivity contribution < 1.29 is 0 Å². The number of nitriles is 1. The quantitative estimate of drug-likeness (QED) is 0.647. The minimum atomic E-state index is 0.928. The first-order chi connectivity index (χ1) is 8.38. The van der Waals surface area contributed by atoms with Crippen molar-refractivity contribution in [1.82, 2.24) is 0 Å². The zero-order valence-electron chi connectivity index (χ0n) is 8.92. The fourth-order valence-electron chi connectivity index (χ4n) is 1.87. The molecule has 0 amide bonds. The van der Waals surface area contributed by atoms with E-state index in [0.29, 0.717) is 0 Å². The second-order valence-electron chi connectivity index (χ2n) is 3.71. The molecule has 1 aromatic heterocycles. The number of allylic oxidation sites excluding steroid dienone is 2. The average molecular weight is 236 g/mol. The molecule has 0 saturated heterocycles. The minimum absolute atomic E-state index is 0.928. The van der Waals surface area contributed by atoms with E-state index < -0.39 is 0 Å². The molecule has 1 aliphatic rings. The van der Waals surface area contributed by atoms with Gasteiger partial charge in [-0.3, -0.25) is 0 Å². The Hall–Kier alpha value is -2.18. The second kappa shape index (κ2) is 4.00. The Morgan fingerprint density at radius 1 is 1.24 bits per heavy atom. The zero-order valence-corrected chi connectivity index (χ0v) is 9.74. The van der Waals surface area contributed by atoms with Gasteiger partial charge in [0.15, 0.2) is 0 Å². The fraction of sp³-hybridized carbons (Fsp3) is 0. The second-order valence-corrected chi connectivity index (χ2v) is 4.46. The van der Waals surface area contributed by atoms with Crippen molar-refractivity contribution in [2.75, 3.05) is 0 Å². The molecule has 0 unspecified atom stereocenters. The van der Waals surface area contributed by atoms with Crippen LogP contribution in [0.3, 0.4) is 0 Å². The predicted molar refractivity (Wildman–Crippen MR) is 69.3 cm³/mol. The molecule has 1 aliphatic heterocycles. The molecule has 0 fully saturated rings. The van der Waals surface area contributed by atoms with Gasteiger partial charge in [0, 0.05) is 27.6 Å². The lowest BCUT2D eigenvalue weighted by Gasteiger charge is -1.96. The fourth-order valence-corrected chi connectivity index (χ4v) is 2.64. The molecule has 2 heterocycles. The summed E-state index contributed by atoms with van der Waals surface area (Å²) in [6.45, 7) is 0. The summed E-state index contributed by atoms with van der Waals surface area (Å²) in [5.41, 5.74) is 2.91. The Kier molecular flexibility index (Phi) is 2.36. The van der Waals surface area contributed by atoms with E-state index in [2.05, 4.69) is 11.1 Å². The number of hydrogen-bond acceptors (Lipinski definition) is 3. The lowest BCUT2D eigenvalue weighted by Crippen LogP contribution is -2.22. The number of nitrogens with zero attached hydrogens (tertiary/aromatic N) is 2. The molecule has 3 heteroatoms. The first-order valence-corrected chi connectivity index (χ1v) is 6.14. The van der Waals surface area contributed by atoms with Crippen molar-refractivity contribution in [3.63, 3.8) is 0 Å². The molecule has 0 N–H and O–H groups in total. The molecule has 0 spiro atoms. The molecule has 2 nitrogen and oxygen atoms in total. The van der Waals surface area contributed by atoms with Crippen molar-refractivity contribution in [1.29, 1.82) is 5.26 Å². The SMILES string of the molecule is N#CC=C1C=c2ccccc2=Nc2cscc21. The van der Waals surface area contributed by atoms with Gasteiger partial charge in [-0.1, -0.05) is 18.2 Å². The molecule has 3 rings (SSSR count). The Morgan fingerprint density at radius 3 is 3.00 bits per heavy atom. The third kappa shape index (κ3) is 1.69. The van der Waals surface area contributed by atoms with Gasteiger partial charge in [-0.05, 0) is 17.7 Å². The minimum Gasteiger partial charge on any atom is -0.247 e. The van der Waals surface area contributed by atoms with Gasteiger partial charge >= 0.3 is 0 Å². The summed E-state index contributed by atoms with van der Waals surface area (Å²) in [5.74, 6) is 0. The van der Waals surface area contributed by atoms with Gasteiger partial charge in [-0.2, -0.15) is 5.26 Å². The zero-order chi connectivity index (χ0) is 11.7. The third-order valence-corrected chi connectivity index (χ3v) is 3.39. The summed E-state index contributed by atoms with van der Waals surface area (Å²) in [6.07, 6.45) is 3.59. The van der Waals surface area contributed by atoms with Crippen LogP contribution >= 0.6 is 11.3 Å². The van der Waals surface area contributed by atoms with E-state index in [-0.39, 0.29) is 0 Å². The molecule has 0 atom stereocenters. The summed E-state index contributed by atoms with van der Waals surface area (Å²) >= 11 is 1.60. The number of benzene rings is 1. The van der Waals surface area contributed by atoms with Crippen LogP contribution in [0.2, 0.25) is 0 Å². The molecule has 2 aromatic rings. The van der Waals surface area contributed by atoms with Gasteiger partial charge in [0.25, 0.3) is 0 Å². The maximum Gasteiger partial charge on any atom is 0.0918 e. The van der Waals surface area contributed by atoms with Gasteiger partial charge in [0.1, 0.15) is 0 Å². The van der Waals surface area contributed by atoms with E-state index in [4.69, 9.17) is 5.26 Å². The van der Waals surface area contributed by atoms with Crippen molar-refractivity contribution >= 4 is 28.7 Å². The van der Waals surface area contributed by atoms with Crippen LogP contribution in [0, 0.1) is 11.3 Å². The normalized spacial score (nSPS) is 14.9. The molecule has 0 bridgehead atoms. The monoisotopic (exact) mass is 236 g/mol. The smallest absolute Gasteiger partial charge is 0.0918 e. The number of fused-ring (bicyclic) bond motifs is 2. The lowest BCUT2D eigenvalue weighted by atomic mass is 10.1. The standard InChI is InChI=1S/C14H8N2S/c15-6-5-10-7-11-3-1-2-4-13(11)16-14-9-17-8-12(10)14/h1-5,7-9H. The van der Waals surface area contributed by atoms with Crippen LogP contribution in [-0.2, 0) is 0 Å². The first-order valence-electron chi connectivity index (χ1n) is 5.20. The number of rotatable bonds is 0. The highest BCUT2D eigenvalue weighted by Gasteiger charge is 2.09. The van der Waals surface area contributed by atoms with E-state index in [1.54, 1.807) is 17.4 Å². The lowest BCUT2D eigenvalue weighted by molar-refractivity contribution is 1.32. The van der Waals surface area contributed by atoms with Gasteiger partial charge < -0.3 is 0 Å². The van der Waals surface area contributed by atoms with E-state index in [1.165, 1.54) is 0 Å². The van der Waals surface area contributed by atoms with Gasteiger partial charge in [0.05, 0.1) is 17.1 Å². The van der Waals surface area contributed by atoms with Gasteiger partial charge in [-0.15, -0.1) is 11.3 Å². The Balaban J connectivity index is 2.43. The maximum absolute atomic E-state index is 8.85. The van der Waals surface area contributed by atoms with Crippen molar-refractivity contribution in [3.05, 3.63) is 57.2 Å². The molecule has 0 aliphatic carbocycles. The molecular formula is C14H8N2S. The molecule has 80 valence electrons. The predicted octanol–water partition coefficient (Wildman–Crippen LogP) is 2.40. The van der Waals surface area contributed by atoms with E-state index in [0.717, 1.165) is 27.4 Å². The number of thiophene rings is 1. The third-order valence-electron chi connectivity index (χ3n) is 2.66. The van der Waals surface area contributed by atoms with Gasteiger partial charge in [-0.25, -0.2) is 4.99 Å². The first kappa shape index (κ1) is 10.0. The topological polar surface area (TPSA) is 36.1 Å². The van der Waals surface area contributed by atoms with Crippen LogP contribution < -0.4 is 10.6 Å². The highest BCUT2D eigenvalue weighted by Crippen LogP contribution is 2.31. The molecule has 1 aromatic carbocycles. The van der Waals surface area contributed by atoms with Crippen LogP contribution in [0.25, 0.3) is 11.6 Å². The summed E-state index contributed by atoms with van der Waals surface area (Å²) in [6, 6.07) is 10.1. The van der Waals surface area contributed by atoms with Crippen molar-refractivity contribution in [2.24, 2.45) is 4.99 Å². The van der Waals surface area contributed by atoms with Crippen LogP contribution in [-0.4, -0.2) is 0 Å². The largest absolute Gasteiger partial charge is 0.247 e. The Bertz CT molecular complexity index is 760. The van der Waals surface area contributed by atoms with Crippen molar-refractivity contribution in [3.8, 4) is 6.07 Å². The molecule has 0 radical (unpaired) electrons. The highest BCUT2D eigenvalue weighted by atomic mass is 32.1. The molecule has 17 heavy (non-hydrogen) atoms. The Morgan fingerprint density at radius 2 is 2.12 bits per heavy atom. The summed E-state index contributed by atoms with van der Waals surface area (Å²) in [4.78, 5) is 4.62. The molecular weight excluding hydrogens is 228 g/mol. The van der Waals surface area contributed by atoms with Crippen LogP contribution in [0.15, 0.2) is 46.1 Å². The molecule has 0 saturated carbocycles. The van der Waals surface area contributed by atoms with E-state index >= 15 is 0 Å². The van der Waals surface area contributed by atoms with Gasteiger partial charge in [0.2, 0.25) is 0 Å². The summed E-state index contributed by atoms with van der Waals surface area (Å²) in [7, 11) is 0. The van der Waals surface area contributed by atoms with Crippen LogP contribution in [0.1, 0.15) is 5.56 Å². The van der Waals surface area contributed by atoms with Crippen LogP contribution in [0.4, 0.5) is 5.69 Å². The van der Waals surface area contributed by atoms with E-state index in [9.17, 15) is 0 Å². The van der Waals surface area contributed by atoms with E-state index in [1.807, 2.05) is 41.1 Å². The average Bonchev–Trinajstić information content (AvgIpc) is 2.74. The summed E-state index contributed by atoms with van der Waals surface area (Å²) in [5, 5.41) is 14.9. The number of hydrogen-bond donors (Lipinski definition) is 0. The Labute approximate surface area is 102 Å².